The van der Waals surface area contributed by atoms with Crippen molar-refractivity contribution in [1.82, 2.24) is 10.2 Å². The Morgan fingerprint density at radius 1 is 1.30 bits per heavy atom. The molecular weight excluding hydrogens is 280 g/mol. The van der Waals surface area contributed by atoms with E-state index < -0.39 is 5.97 Å². The first-order valence-electron chi connectivity index (χ1n) is 6.44. The lowest BCUT2D eigenvalue weighted by molar-refractivity contribution is -0.137. The van der Waals surface area contributed by atoms with Gasteiger partial charge in [0.15, 0.2) is 0 Å². The summed E-state index contributed by atoms with van der Waals surface area (Å²) in [7, 11) is 1.65. The molecule has 0 spiro atoms. The predicted molar refractivity (Wildman–Crippen MR) is 78.1 cm³/mol. The molecule has 0 aliphatic heterocycles. The van der Waals surface area contributed by atoms with Gasteiger partial charge < -0.3 is 15.3 Å². The van der Waals surface area contributed by atoms with Crippen LogP contribution in [0.5, 0.6) is 0 Å². The van der Waals surface area contributed by atoms with E-state index in [0.29, 0.717) is 24.5 Å². The zero-order valence-corrected chi connectivity index (χ0v) is 12.2. The third-order valence-electron chi connectivity index (χ3n) is 2.83. The lowest BCUT2D eigenvalue weighted by atomic mass is 10.1. The monoisotopic (exact) mass is 298 g/mol. The summed E-state index contributed by atoms with van der Waals surface area (Å²) >= 11 is 5.79. The van der Waals surface area contributed by atoms with Gasteiger partial charge in [-0.05, 0) is 30.5 Å². The van der Waals surface area contributed by atoms with E-state index in [4.69, 9.17) is 16.7 Å². The maximum atomic E-state index is 11.7. The van der Waals surface area contributed by atoms with Gasteiger partial charge in [-0.15, -0.1) is 0 Å². The Labute approximate surface area is 123 Å². The van der Waals surface area contributed by atoms with Crippen LogP contribution in [0, 0.1) is 0 Å². The standard InChI is InChI=1S/C14H19ClN2O3/c1-17(10-2-3-13(18)19)14(20)16-9-8-11-4-6-12(15)7-5-11/h4-7H,2-3,8-10H2,1H3,(H,16,20)(H,18,19). The van der Waals surface area contributed by atoms with Gasteiger partial charge in [0.25, 0.3) is 0 Å². The zero-order chi connectivity index (χ0) is 15.0. The fourth-order valence-corrected chi connectivity index (χ4v) is 1.79. The molecule has 0 aliphatic carbocycles. The minimum atomic E-state index is -0.846. The van der Waals surface area contributed by atoms with E-state index in [-0.39, 0.29) is 12.5 Å². The average Bonchev–Trinajstić information content (AvgIpc) is 2.40. The summed E-state index contributed by atoms with van der Waals surface area (Å²) in [6.45, 7) is 0.961. The van der Waals surface area contributed by atoms with Crippen LogP contribution in [0.15, 0.2) is 24.3 Å². The third kappa shape index (κ3) is 6.43. The third-order valence-corrected chi connectivity index (χ3v) is 3.09. The Balaban J connectivity index is 2.21. The molecule has 0 aliphatic rings. The van der Waals surface area contributed by atoms with Crippen molar-refractivity contribution in [3.05, 3.63) is 34.9 Å². The van der Waals surface area contributed by atoms with Gasteiger partial charge in [0.05, 0.1) is 0 Å². The number of urea groups is 1. The van der Waals surface area contributed by atoms with Crippen molar-refractivity contribution in [3.63, 3.8) is 0 Å². The van der Waals surface area contributed by atoms with Crippen molar-refractivity contribution < 1.29 is 14.7 Å². The molecule has 0 radical (unpaired) electrons. The second kappa shape index (κ2) is 8.43. The quantitative estimate of drug-likeness (QED) is 0.812. The van der Waals surface area contributed by atoms with Crippen molar-refractivity contribution in [2.45, 2.75) is 19.3 Å². The van der Waals surface area contributed by atoms with Crippen LogP contribution in [0.25, 0.3) is 0 Å². The van der Waals surface area contributed by atoms with E-state index in [1.165, 1.54) is 4.90 Å². The number of carboxylic acids is 1. The van der Waals surface area contributed by atoms with E-state index in [1.54, 1.807) is 7.05 Å². The van der Waals surface area contributed by atoms with Crippen LogP contribution >= 0.6 is 11.6 Å². The summed E-state index contributed by atoms with van der Waals surface area (Å²) in [4.78, 5) is 23.6. The number of carbonyl (C=O) groups is 2. The summed E-state index contributed by atoms with van der Waals surface area (Å²) in [5, 5.41) is 12.0. The number of hydrogen-bond donors (Lipinski definition) is 2. The van der Waals surface area contributed by atoms with Crippen LogP contribution in [-0.4, -0.2) is 42.1 Å². The van der Waals surface area contributed by atoms with E-state index >= 15 is 0 Å². The fourth-order valence-electron chi connectivity index (χ4n) is 1.67. The number of carboxylic acid groups (broad SMARTS) is 1. The smallest absolute Gasteiger partial charge is 0.317 e. The van der Waals surface area contributed by atoms with Gasteiger partial charge in [0.1, 0.15) is 0 Å². The number of aliphatic carboxylic acids is 1. The molecule has 6 heteroatoms. The van der Waals surface area contributed by atoms with Crippen molar-refractivity contribution >= 4 is 23.6 Å². The summed E-state index contributed by atoms with van der Waals surface area (Å²) in [6, 6.07) is 7.29. The number of hydrogen-bond acceptors (Lipinski definition) is 2. The Hall–Kier alpha value is -1.75. The molecule has 0 saturated carbocycles. The van der Waals surface area contributed by atoms with Gasteiger partial charge in [0, 0.05) is 31.6 Å². The molecule has 0 heterocycles. The van der Waals surface area contributed by atoms with Crippen LogP contribution < -0.4 is 5.32 Å². The second-order valence-corrected chi connectivity index (χ2v) is 4.96. The minimum Gasteiger partial charge on any atom is -0.481 e. The number of amides is 2. The molecule has 0 atom stereocenters. The van der Waals surface area contributed by atoms with E-state index in [9.17, 15) is 9.59 Å². The summed E-state index contributed by atoms with van der Waals surface area (Å²) in [6.07, 6.45) is 1.25. The molecular formula is C14H19ClN2O3. The van der Waals surface area contributed by atoms with Crippen LogP contribution in [0.3, 0.4) is 0 Å². The largest absolute Gasteiger partial charge is 0.481 e. The number of nitrogens with zero attached hydrogens (tertiary/aromatic N) is 1. The molecule has 110 valence electrons. The summed E-state index contributed by atoms with van der Waals surface area (Å²) < 4.78 is 0. The van der Waals surface area contributed by atoms with Gasteiger partial charge in [-0.3, -0.25) is 4.79 Å². The van der Waals surface area contributed by atoms with Crippen molar-refractivity contribution in [2.24, 2.45) is 0 Å². The maximum absolute atomic E-state index is 11.7. The molecule has 0 fully saturated rings. The first kappa shape index (κ1) is 16.3. The van der Waals surface area contributed by atoms with Gasteiger partial charge in [-0.1, -0.05) is 23.7 Å². The van der Waals surface area contributed by atoms with E-state index in [0.717, 1.165) is 12.0 Å². The second-order valence-electron chi connectivity index (χ2n) is 4.53. The number of halogens is 1. The highest BCUT2D eigenvalue weighted by Crippen LogP contribution is 2.09. The zero-order valence-electron chi connectivity index (χ0n) is 11.4. The number of rotatable bonds is 7. The van der Waals surface area contributed by atoms with E-state index in [1.807, 2.05) is 24.3 Å². The topological polar surface area (TPSA) is 69.6 Å². The van der Waals surface area contributed by atoms with Gasteiger partial charge >= 0.3 is 12.0 Å². The normalized spacial score (nSPS) is 10.1. The number of nitrogens with one attached hydrogen (secondary N) is 1. The van der Waals surface area contributed by atoms with Gasteiger partial charge in [-0.25, -0.2) is 4.79 Å². The number of benzene rings is 1. The molecule has 0 unspecified atom stereocenters. The molecule has 2 N–H and O–H groups in total. The van der Waals surface area contributed by atoms with Crippen molar-refractivity contribution in [3.8, 4) is 0 Å². The Morgan fingerprint density at radius 2 is 1.95 bits per heavy atom. The first-order chi connectivity index (χ1) is 9.49. The Bertz CT molecular complexity index is 448. The predicted octanol–water partition coefficient (Wildman–Crippen LogP) is 2.39. The summed E-state index contributed by atoms with van der Waals surface area (Å²) in [5.74, 6) is -0.846. The lowest BCUT2D eigenvalue weighted by Crippen LogP contribution is -2.38. The minimum absolute atomic E-state index is 0.0718. The van der Waals surface area contributed by atoms with Crippen LogP contribution in [0.1, 0.15) is 18.4 Å². The molecule has 5 nitrogen and oxygen atoms in total. The molecule has 1 aromatic carbocycles. The molecule has 20 heavy (non-hydrogen) atoms. The number of carbonyl (C=O) groups excluding carboxylic acids is 1. The first-order valence-corrected chi connectivity index (χ1v) is 6.82. The van der Waals surface area contributed by atoms with Crippen LogP contribution in [0.4, 0.5) is 4.79 Å². The van der Waals surface area contributed by atoms with Gasteiger partial charge in [0.2, 0.25) is 0 Å². The van der Waals surface area contributed by atoms with Crippen molar-refractivity contribution in [1.29, 1.82) is 0 Å². The lowest BCUT2D eigenvalue weighted by Gasteiger charge is -2.17. The molecule has 0 bridgehead atoms. The molecule has 0 saturated heterocycles. The SMILES string of the molecule is CN(CCCC(=O)O)C(=O)NCCc1ccc(Cl)cc1. The highest BCUT2D eigenvalue weighted by Gasteiger charge is 2.08. The summed E-state index contributed by atoms with van der Waals surface area (Å²) in [5.41, 5.74) is 1.10. The van der Waals surface area contributed by atoms with E-state index in [2.05, 4.69) is 5.32 Å². The average molecular weight is 299 g/mol. The van der Waals surface area contributed by atoms with Crippen molar-refractivity contribution in [2.75, 3.05) is 20.1 Å². The molecule has 0 aromatic heterocycles. The maximum Gasteiger partial charge on any atom is 0.317 e. The molecule has 2 amide bonds. The molecule has 1 aromatic rings. The van der Waals surface area contributed by atoms with Crippen LogP contribution in [0.2, 0.25) is 5.02 Å². The molecule has 1 rings (SSSR count). The van der Waals surface area contributed by atoms with Crippen LogP contribution in [-0.2, 0) is 11.2 Å². The highest BCUT2D eigenvalue weighted by atomic mass is 35.5. The Morgan fingerprint density at radius 3 is 2.55 bits per heavy atom. The highest BCUT2D eigenvalue weighted by molar-refractivity contribution is 6.30. The van der Waals surface area contributed by atoms with Gasteiger partial charge in [-0.2, -0.15) is 0 Å². The Kier molecular flexibility index (Phi) is 6.87. The fraction of sp³-hybridized carbons (Fsp3) is 0.429.